The molecule has 4 aromatic rings. The summed E-state index contributed by atoms with van der Waals surface area (Å²) in [6.07, 6.45) is 1.86. The normalized spacial score (nSPS) is 12.6. The fourth-order valence-corrected chi connectivity index (χ4v) is 4.89. The van der Waals surface area contributed by atoms with E-state index in [0.717, 1.165) is 33.1 Å². The Morgan fingerprint density at radius 3 is 2.72 bits per heavy atom. The second-order valence-electron chi connectivity index (χ2n) is 8.84. The van der Waals surface area contributed by atoms with Crippen LogP contribution in [0.25, 0.3) is 21.0 Å². The Bertz CT molecular complexity index is 1450. The number of nitrogens with zero attached hydrogens (tertiary/aromatic N) is 2. The molecule has 8 nitrogen and oxygen atoms in total. The van der Waals surface area contributed by atoms with Crippen LogP contribution in [-0.4, -0.2) is 29.1 Å². The number of rotatable bonds is 10. The van der Waals surface area contributed by atoms with E-state index in [1.807, 2.05) is 41.8 Å². The van der Waals surface area contributed by atoms with E-state index in [0.29, 0.717) is 42.2 Å². The second kappa shape index (κ2) is 11.2. The Kier molecular flexibility index (Phi) is 7.80. The Morgan fingerprint density at radius 1 is 1.11 bits per heavy atom. The van der Waals surface area contributed by atoms with Crippen molar-refractivity contribution in [1.29, 1.82) is 0 Å². The lowest BCUT2D eigenvalue weighted by atomic mass is 10.0. The van der Waals surface area contributed by atoms with Crippen LogP contribution in [0.3, 0.4) is 0 Å². The zero-order valence-corrected chi connectivity index (χ0v) is 21.2. The van der Waals surface area contributed by atoms with Crippen molar-refractivity contribution in [3.05, 3.63) is 65.0 Å². The molecule has 0 aliphatic heterocycles. The smallest absolute Gasteiger partial charge is 0.251 e. The van der Waals surface area contributed by atoms with E-state index in [2.05, 4.69) is 29.6 Å². The second-order valence-corrected chi connectivity index (χ2v) is 9.75. The number of thiophene rings is 1. The van der Waals surface area contributed by atoms with Crippen molar-refractivity contribution in [3.8, 4) is 0 Å². The van der Waals surface area contributed by atoms with Crippen molar-refractivity contribution in [2.45, 2.75) is 33.1 Å². The minimum absolute atomic E-state index is 0.171. The fraction of sp³-hybridized carbons (Fsp3) is 0.259. The molecule has 9 heteroatoms. The third-order valence-corrected chi connectivity index (χ3v) is 7.13. The van der Waals surface area contributed by atoms with E-state index < -0.39 is 0 Å². The molecular weight excluding hydrogens is 472 g/mol. The molecule has 1 amide bonds. The molecule has 1 atom stereocenters. The van der Waals surface area contributed by atoms with Crippen LogP contribution in [0, 0.1) is 5.92 Å². The van der Waals surface area contributed by atoms with Gasteiger partial charge in [-0.2, -0.15) is 5.10 Å². The molecule has 0 aliphatic carbocycles. The van der Waals surface area contributed by atoms with Crippen LogP contribution in [0.2, 0.25) is 0 Å². The molecule has 0 saturated carbocycles. The van der Waals surface area contributed by atoms with Gasteiger partial charge < -0.3 is 22.2 Å². The van der Waals surface area contributed by atoms with E-state index in [1.54, 1.807) is 23.5 Å². The van der Waals surface area contributed by atoms with Gasteiger partial charge in [-0.3, -0.25) is 9.59 Å². The van der Waals surface area contributed by atoms with E-state index in [1.165, 1.54) is 0 Å². The van der Waals surface area contributed by atoms with Crippen molar-refractivity contribution in [2.24, 2.45) is 22.6 Å². The highest BCUT2D eigenvalue weighted by molar-refractivity contribution is 7.18. The Hall–Kier alpha value is -3.98. The molecule has 2 heterocycles. The monoisotopic (exact) mass is 502 g/mol. The summed E-state index contributed by atoms with van der Waals surface area (Å²) in [4.78, 5) is 29.6. The van der Waals surface area contributed by atoms with Crippen LogP contribution in [-0.2, 0) is 4.79 Å². The van der Waals surface area contributed by atoms with Gasteiger partial charge in [0.25, 0.3) is 5.91 Å². The fourth-order valence-electron chi connectivity index (χ4n) is 3.96. The third-order valence-electron chi connectivity index (χ3n) is 6.18. The van der Waals surface area contributed by atoms with Gasteiger partial charge in [0.1, 0.15) is 17.4 Å². The van der Waals surface area contributed by atoms with Gasteiger partial charge in [0.2, 0.25) is 0 Å². The molecule has 1 unspecified atom stereocenters. The van der Waals surface area contributed by atoms with Crippen LogP contribution in [0.1, 0.15) is 49.0 Å². The molecule has 2 aromatic carbocycles. The number of amidine groups is 1. The first-order valence-electron chi connectivity index (χ1n) is 11.9. The molecule has 0 fully saturated rings. The summed E-state index contributed by atoms with van der Waals surface area (Å²) >= 11 is 1.63. The first kappa shape index (κ1) is 25.1. The first-order chi connectivity index (χ1) is 17.4. The first-order valence-corrected chi connectivity index (χ1v) is 12.8. The maximum absolute atomic E-state index is 12.7. The van der Waals surface area contributed by atoms with Gasteiger partial charge in [0.15, 0.2) is 0 Å². The van der Waals surface area contributed by atoms with Crippen molar-refractivity contribution < 1.29 is 9.59 Å². The lowest BCUT2D eigenvalue weighted by Crippen LogP contribution is -2.26. The van der Waals surface area contributed by atoms with Crippen LogP contribution in [0.4, 0.5) is 11.5 Å². The number of hydrogen-bond donors (Lipinski definition) is 4. The Morgan fingerprint density at radius 2 is 1.94 bits per heavy atom. The predicted octanol–water partition coefficient (Wildman–Crippen LogP) is 4.90. The van der Waals surface area contributed by atoms with Crippen LogP contribution in [0.5, 0.6) is 0 Å². The number of ketones is 1. The summed E-state index contributed by atoms with van der Waals surface area (Å²) in [5, 5.41) is 13.8. The average Bonchev–Trinajstić information content (AvgIpc) is 3.38. The number of amides is 1. The van der Waals surface area contributed by atoms with Crippen LogP contribution < -0.4 is 22.2 Å². The lowest BCUT2D eigenvalue weighted by molar-refractivity contribution is -0.119. The van der Waals surface area contributed by atoms with Crippen molar-refractivity contribution in [2.75, 3.05) is 11.9 Å². The minimum atomic E-state index is -0.219. The standard InChI is InChI=1S/C27H30N6O2S/c1-3-16(2)13-20(34)9-11-30-27(35)18-5-4-6-19(14-18)31-26-22-10-12-36-24(22)21-8-7-17(25(28)33-29)15-23(21)32-26/h4-8,10,12,14-16H,3,9,11,13,29H2,1-2H3,(H2,28,33)(H,30,35)(H,31,32). The number of aromatic nitrogens is 1. The molecule has 186 valence electrons. The van der Waals surface area contributed by atoms with E-state index >= 15 is 0 Å². The van der Waals surface area contributed by atoms with Crippen LogP contribution >= 0.6 is 11.3 Å². The molecule has 36 heavy (non-hydrogen) atoms. The third kappa shape index (κ3) is 5.63. The van der Waals surface area contributed by atoms with Gasteiger partial charge in [-0.25, -0.2) is 4.98 Å². The SMILES string of the molecule is CCC(C)CC(=O)CCNC(=O)c1cccc(Nc2nc3cc(/C(N)=N/N)ccc3c3sccc23)c1. The Labute approximate surface area is 213 Å². The topological polar surface area (TPSA) is 135 Å². The molecule has 6 N–H and O–H groups in total. The zero-order chi connectivity index (χ0) is 25.7. The number of nitrogens with two attached hydrogens (primary N) is 2. The summed E-state index contributed by atoms with van der Waals surface area (Å²) < 4.78 is 1.09. The molecule has 0 saturated heterocycles. The number of carbonyl (C=O) groups excluding carboxylic acids is 2. The maximum Gasteiger partial charge on any atom is 0.251 e. The summed E-state index contributed by atoms with van der Waals surface area (Å²) in [7, 11) is 0. The molecule has 0 bridgehead atoms. The maximum atomic E-state index is 12.7. The number of anilines is 2. The number of hydrazone groups is 1. The number of fused-ring (bicyclic) bond motifs is 3. The van der Waals surface area contributed by atoms with E-state index in [-0.39, 0.29) is 17.5 Å². The number of carbonyl (C=O) groups is 2. The highest BCUT2D eigenvalue weighted by Gasteiger charge is 2.13. The van der Waals surface area contributed by atoms with Gasteiger partial charge in [-0.05, 0) is 41.6 Å². The van der Waals surface area contributed by atoms with Gasteiger partial charge in [0, 0.05) is 51.7 Å². The van der Waals surface area contributed by atoms with Gasteiger partial charge in [-0.1, -0.05) is 38.5 Å². The van der Waals surface area contributed by atoms with Crippen molar-refractivity contribution in [1.82, 2.24) is 10.3 Å². The van der Waals surface area contributed by atoms with Crippen molar-refractivity contribution in [3.63, 3.8) is 0 Å². The molecular formula is C27H30N6O2S. The Balaban J connectivity index is 1.52. The zero-order valence-electron chi connectivity index (χ0n) is 20.4. The van der Waals surface area contributed by atoms with Gasteiger partial charge in [-0.15, -0.1) is 11.3 Å². The van der Waals surface area contributed by atoms with Gasteiger partial charge >= 0.3 is 0 Å². The summed E-state index contributed by atoms with van der Waals surface area (Å²) in [5.41, 5.74) is 8.58. The summed E-state index contributed by atoms with van der Waals surface area (Å²) in [5.74, 6) is 6.57. The quantitative estimate of drug-likeness (QED) is 0.105. The number of nitrogens with one attached hydrogen (secondary N) is 2. The molecule has 0 radical (unpaired) electrons. The number of benzene rings is 2. The number of hydrogen-bond acceptors (Lipinski definition) is 7. The number of Topliss-reactive ketones (excluding diaryl/α,β-unsaturated/α-hetero) is 1. The molecule has 4 rings (SSSR count). The minimum Gasteiger partial charge on any atom is -0.382 e. The van der Waals surface area contributed by atoms with E-state index in [9.17, 15) is 9.59 Å². The highest BCUT2D eigenvalue weighted by Crippen LogP contribution is 2.35. The molecule has 2 aromatic heterocycles. The molecule has 0 aliphatic rings. The molecule has 0 spiro atoms. The van der Waals surface area contributed by atoms with Gasteiger partial charge in [0.05, 0.1) is 5.52 Å². The lowest BCUT2D eigenvalue weighted by Gasteiger charge is -2.12. The van der Waals surface area contributed by atoms with Crippen molar-refractivity contribution >= 4 is 61.4 Å². The highest BCUT2D eigenvalue weighted by atomic mass is 32.1. The predicted molar refractivity (Wildman–Crippen MR) is 148 cm³/mol. The summed E-state index contributed by atoms with van der Waals surface area (Å²) in [6.45, 7) is 4.46. The largest absolute Gasteiger partial charge is 0.382 e. The summed E-state index contributed by atoms with van der Waals surface area (Å²) in [6, 6.07) is 14.9. The average molecular weight is 503 g/mol. The van der Waals surface area contributed by atoms with E-state index in [4.69, 9.17) is 16.6 Å². The van der Waals surface area contributed by atoms with Crippen LogP contribution in [0.15, 0.2) is 59.0 Å². The number of pyridine rings is 1.